The summed E-state index contributed by atoms with van der Waals surface area (Å²) in [5.74, 6) is 1.60. The first-order valence-electron chi connectivity index (χ1n) is 13.0. The van der Waals surface area contributed by atoms with Crippen LogP contribution in [0.5, 0.6) is 0 Å². The van der Waals surface area contributed by atoms with Crippen molar-refractivity contribution in [1.29, 1.82) is 0 Å². The van der Waals surface area contributed by atoms with Gasteiger partial charge in [0.25, 0.3) is 0 Å². The molecule has 0 heterocycles. The van der Waals surface area contributed by atoms with Crippen LogP contribution in [-0.2, 0) is 26.2 Å². The van der Waals surface area contributed by atoms with Crippen LogP contribution in [0.2, 0.25) is 0 Å². The van der Waals surface area contributed by atoms with Crippen LogP contribution >= 0.6 is 15.8 Å². The molecule has 0 fully saturated rings. The van der Waals surface area contributed by atoms with E-state index in [2.05, 4.69) is 128 Å². The maximum absolute atomic E-state index is 2.42. The molecule has 0 nitrogen and oxygen atoms in total. The summed E-state index contributed by atoms with van der Waals surface area (Å²) >= 11 is 0. The van der Waals surface area contributed by atoms with Gasteiger partial charge in [-0.2, -0.15) is 12.1 Å². The third kappa shape index (κ3) is 10.8. The van der Waals surface area contributed by atoms with Gasteiger partial charge in [0.1, 0.15) is 0 Å². The van der Waals surface area contributed by atoms with Crippen molar-refractivity contribution in [3.05, 3.63) is 72.8 Å². The fourth-order valence-corrected chi connectivity index (χ4v) is 10.9. The number of fused-ring (bicyclic) bond motifs is 2. The smallest absolute Gasteiger partial charge is 1.00 e. The minimum atomic E-state index is -0.0206. The summed E-state index contributed by atoms with van der Waals surface area (Å²) in [7, 11) is -0.00206. The van der Waals surface area contributed by atoms with Crippen LogP contribution in [0.25, 0.3) is 21.5 Å². The predicted molar refractivity (Wildman–Crippen MR) is 162 cm³/mol. The zero-order valence-electron chi connectivity index (χ0n) is 23.8. The van der Waals surface area contributed by atoms with E-state index in [1.807, 2.05) is 0 Å². The first-order valence-corrected chi connectivity index (χ1v) is 16.2. The maximum Gasteiger partial charge on any atom is 4.00 e. The Kier molecular flexibility index (Phi) is 17.6. The molecule has 0 atom stereocenters. The van der Waals surface area contributed by atoms with Crippen LogP contribution < -0.4 is 35.4 Å². The first kappa shape index (κ1) is 37.0. The minimum absolute atomic E-state index is 0. The summed E-state index contributed by atoms with van der Waals surface area (Å²) in [6.07, 6.45) is 2.73. The molecule has 0 radical (unpaired) electrons. The van der Waals surface area contributed by atoms with Crippen molar-refractivity contribution in [2.75, 3.05) is 12.3 Å². The zero-order chi connectivity index (χ0) is 24.8. The van der Waals surface area contributed by atoms with Gasteiger partial charge in [-0.05, 0) is 35.5 Å². The fourth-order valence-electron chi connectivity index (χ4n) is 4.96. The van der Waals surface area contributed by atoms with E-state index < -0.39 is 0 Å². The molecule has 0 spiro atoms. The molecule has 0 aromatic heterocycles. The molecule has 5 heteroatoms. The molecular formula is C32H44Cl2P2Zr. The predicted octanol–water partition coefficient (Wildman–Crippen LogP) is 3.47. The van der Waals surface area contributed by atoms with Gasteiger partial charge in [-0.3, -0.25) is 0 Å². The Morgan fingerprint density at radius 3 is 1.35 bits per heavy atom. The van der Waals surface area contributed by atoms with Gasteiger partial charge in [0.05, 0.1) is 0 Å². The normalized spacial score (nSPS) is 11.2. The van der Waals surface area contributed by atoms with Crippen LogP contribution in [0.1, 0.15) is 55.4 Å². The second-order valence-corrected chi connectivity index (χ2v) is 16.7. The second kappa shape index (κ2) is 17.6. The zero-order valence-corrected chi connectivity index (χ0v) is 29.6. The van der Waals surface area contributed by atoms with E-state index >= 15 is 0 Å². The molecule has 4 rings (SSSR count). The second-order valence-electron chi connectivity index (χ2n) is 11.0. The van der Waals surface area contributed by atoms with Gasteiger partial charge in [-0.25, -0.2) is 0 Å². The van der Waals surface area contributed by atoms with Gasteiger partial charge >= 0.3 is 26.2 Å². The van der Waals surface area contributed by atoms with Crippen LogP contribution in [0.4, 0.5) is 0 Å². The van der Waals surface area contributed by atoms with Crippen LogP contribution in [-0.4, -0.2) is 23.6 Å². The molecule has 4 aromatic carbocycles. The molecule has 0 aliphatic carbocycles. The van der Waals surface area contributed by atoms with Crippen molar-refractivity contribution < 1.29 is 51.0 Å². The molecule has 200 valence electrons. The summed E-state index contributed by atoms with van der Waals surface area (Å²) < 4.78 is 0. The van der Waals surface area contributed by atoms with E-state index in [1.165, 1.54) is 33.9 Å². The van der Waals surface area contributed by atoms with Gasteiger partial charge in [0, 0.05) is 0 Å². The molecule has 0 saturated carbocycles. The van der Waals surface area contributed by atoms with E-state index in [-0.39, 0.29) is 66.9 Å². The molecule has 37 heavy (non-hydrogen) atoms. The Morgan fingerprint density at radius 1 is 0.595 bits per heavy atom. The average molecular weight is 653 g/mol. The van der Waals surface area contributed by atoms with E-state index in [0.717, 1.165) is 23.2 Å². The van der Waals surface area contributed by atoms with Crippen molar-refractivity contribution in [2.24, 2.45) is 11.8 Å². The summed E-state index contributed by atoms with van der Waals surface area (Å²) in [6, 6.07) is 27.0. The molecule has 0 bridgehead atoms. The Bertz CT molecular complexity index is 1080. The Labute approximate surface area is 260 Å². The molecule has 0 N–H and O–H groups in total. The van der Waals surface area contributed by atoms with Crippen LogP contribution in [0, 0.1) is 11.8 Å². The van der Waals surface area contributed by atoms with E-state index in [0.29, 0.717) is 0 Å². The number of halogens is 2. The third-order valence-electron chi connectivity index (χ3n) is 6.15. The average Bonchev–Trinajstić information content (AvgIpc) is 3.36. The topological polar surface area (TPSA) is 0 Å². The molecule has 4 aromatic rings. The van der Waals surface area contributed by atoms with Gasteiger partial charge < -0.3 is 24.8 Å². The van der Waals surface area contributed by atoms with Crippen molar-refractivity contribution in [3.63, 3.8) is 0 Å². The number of rotatable bonds is 8. The van der Waals surface area contributed by atoms with Crippen molar-refractivity contribution in [2.45, 2.75) is 66.7 Å². The monoisotopic (exact) mass is 650 g/mol. The Hall–Kier alpha value is -0.0169. The summed E-state index contributed by atoms with van der Waals surface area (Å²) in [5, 5.41) is 8.78. The van der Waals surface area contributed by atoms with Gasteiger partial charge in [0.2, 0.25) is 0 Å². The SMILES string of the molecule is CC(C)CP(CC(C)C)c1cc2ccccc2[cH-]1.CC(C)P(c1cc2ccccc2[cH-]1)C(C)C.[Cl-].[Cl-].[Zr+4]. The van der Waals surface area contributed by atoms with Gasteiger partial charge in [-0.15, -0.1) is 80.7 Å². The molecule has 0 aliphatic rings. The van der Waals surface area contributed by atoms with E-state index in [4.69, 9.17) is 0 Å². The molecule has 0 aliphatic heterocycles. The van der Waals surface area contributed by atoms with E-state index in [1.54, 1.807) is 10.6 Å². The molecule has 0 saturated heterocycles. The first-order chi connectivity index (χ1) is 16.2. The van der Waals surface area contributed by atoms with E-state index in [9.17, 15) is 0 Å². The standard InChI is InChI=1S/C17H24P.C15H20P.2ClH.Zr/c1-13(2)11-18(12-14(3)4)17-9-15-7-5-6-8-16(15)10-17;1-11(2)16(12(3)4)15-9-13-7-5-6-8-14(13)10-15;;;/h5-10,13-14H,11-12H2,1-4H3;5-12H,1-4H3;2*1H;/q2*-1;;;+4/p-2. The Balaban J connectivity index is 0.000000651. The van der Waals surface area contributed by atoms with Crippen molar-refractivity contribution >= 4 is 48.0 Å². The summed E-state index contributed by atoms with van der Waals surface area (Å²) in [5.41, 5.74) is 1.54. The fraction of sp³-hybridized carbons (Fsp3) is 0.438. The quantitative estimate of drug-likeness (QED) is 0.202. The van der Waals surface area contributed by atoms with Gasteiger partial charge in [0.15, 0.2) is 0 Å². The van der Waals surface area contributed by atoms with Crippen LogP contribution in [0.3, 0.4) is 0 Å². The third-order valence-corrected chi connectivity index (χ3v) is 12.6. The van der Waals surface area contributed by atoms with Gasteiger partial charge in [-0.1, -0.05) is 83.4 Å². The number of benzene rings is 2. The Morgan fingerprint density at radius 2 is 0.973 bits per heavy atom. The van der Waals surface area contributed by atoms with Crippen LogP contribution in [0.15, 0.2) is 72.8 Å². The van der Waals surface area contributed by atoms with Crippen molar-refractivity contribution in [1.82, 2.24) is 0 Å². The number of hydrogen-bond acceptors (Lipinski definition) is 0. The minimum Gasteiger partial charge on any atom is -1.00 e. The molecule has 0 amide bonds. The van der Waals surface area contributed by atoms with Crippen molar-refractivity contribution in [3.8, 4) is 0 Å². The molecule has 0 unspecified atom stereocenters. The number of hydrogen-bond donors (Lipinski definition) is 0. The summed E-state index contributed by atoms with van der Waals surface area (Å²) in [6.45, 7) is 18.8. The summed E-state index contributed by atoms with van der Waals surface area (Å²) in [4.78, 5) is 0. The largest absolute Gasteiger partial charge is 4.00 e. The molecular weight excluding hydrogens is 608 g/mol. The maximum atomic E-state index is 2.42.